The molecule has 10 N–H and O–H groups in total. The summed E-state index contributed by atoms with van der Waals surface area (Å²) < 4.78 is 0.425. The number of primary amides is 1. The van der Waals surface area contributed by atoms with Gasteiger partial charge >= 0.3 is 213 Å². The van der Waals surface area contributed by atoms with Crippen LogP contribution in [0.1, 0.15) is 33.1 Å². The van der Waals surface area contributed by atoms with Crippen LogP contribution in [-0.2, 0) is 43.3 Å². The number of carboxylic acid groups (broad SMARTS) is 1. The van der Waals surface area contributed by atoms with Crippen LogP contribution < -0.4 is 32.7 Å². The first kappa shape index (κ1) is 30.2. The van der Waals surface area contributed by atoms with Crippen LogP contribution in [0, 0.1) is 0 Å². The maximum absolute atomic E-state index is 12.7. The molecule has 1 saturated heterocycles. The molecule has 1 aliphatic heterocycles. The predicted octanol–water partition coefficient (Wildman–Crippen LogP) is -3.71. The Bertz CT molecular complexity index is 801. The minimum absolute atomic E-state index is 0.0673. The Balaban J connectivity index is 3.34. The predicted molar refractivity (Wildman–Crippen MR) is 121 cm³/mol. The number of aliphatic carboxylic acids is 1. The second kappa shape index (κ2) is 14.5. The Kier molecular flexibility index (Phi) is 12.9. The summed E-state index contributed by atoms with van der Waals surface area (Å²) in [6.45, 7) is 2.52. The zero-order valence-corrected chi connectivity index (χ0v) is 21.7. The minimum atomic E-state index is -1.37. The molecule has 4 amide bonds. The summed E-state index contributed by atoms with van der Waals surface area (Å²) >= 11 is 2.47. The molecule has 0 aromatic carbocycles. The van der Waals surface area contributed by atoms with Gasteiger partial charge in [-0.25, -0.2) is 0 Å². The maximum atomic E-state index is 12.7. The van der Waals surface area contributed by atoms with Crippen LogP contribution in [0.15, 0.2) is 0 Å². The van der Waals surface area contributed by atoms with Crippen molar-refractivity contribution >= 4 is 45.4 Å². The Morgan fingerprint density at radius 3 is 2.24 bits per heavy atom. The van der Waals surface area contributed by atoms with Gasteiger partial charge in [-0.1, -0.05) is 0 Å². The van der Waals surface area contributed by atoms with Crippen LogP contribution in [-0.4, -0.2) is 91.7 Å². The normalized spacial score (nSPS) is 30.1. The average molecular weight is 585 g/mol. The standard InChI is InChI=1S/C19H32N6O7S.Mo/c1-3-4-12-15(19(31)32)33-8-11(20)17(29)25-13(7-26)18(30)23-9(2)16(28)24-10(6-22-12)5-14(21)27;/h9-13,15,22,26H,3-5,7-8,20H2,1-2H3,(H2,21,27)(H,23,30)(H,24,28)(H,25,29)(H,31,32);/t9-,10-,11-,12+,13?,15?;/m0./s1. The molecule has 34 heavy (non-hydrogen) atoms. The zero-order valence-electron chi connectivity index (χ0n) is 18.9. The number of carbonyl (C=O) groups is 5. The fourth-order valence-electron chi connectivity index (χ4n) is 3.10. The number of rotatable bonds is 6. The van der Waals surface area contributed by atoms with Gasteiger partial charge in [0.1, 0.15) is 0 Å². The molecule has 1 aliphatic rings. The van der Waals surface area contributed by atoms with Crippen LogP contribution >= 0.6 is 11.8 Å². The number of hydrogen-bond donors (Lipinski definition) is 8. The second-order valence-corrected chi connectivity index (χ2v) is 10.1. The molecule has 0 aliphatic carbocycles. The van der Waals surface area contributed by atoms with Gasteiger partial charge in [0.25, 0.3) is 0 Å². The molecular weight excluding hydrogens is 552 g/mol. The SMILES string of the molecule is CCC[C@H]1N[C](=[Mo])[C@H](CC(N)=O)NC(=O)[C@H](C)NC(=O)C(CO)NC(=O)[C@@H](N)CSC1C(=O)O. The van der Waals surface area contributed by atoms with Crippen LogP contribution in [0.25, 0.3) is 0 Å². The van der Waals surface area contributed by atoms with E-state index < -0.39 is 71.7 Å². The summed E-state index contributed by atoms with van der Waals surface area (Å²) in [5.74, 6) is -4.10. The molecule has 0 aromatic heterocycles. The van der Waals surface area contributed by atoms with Crippen molar-refractivity contribution in [2.75, 3.05) is 12.4 Å². The van der Waals surface area contributed by atoms with Gasteiger partial charge in [-0.15, -0.1) is 0 Å². The first-order valence-electron chi connectivity index (χ1n) is 10.6. The Morgan fingerprint density at radius 2 is 1.71 bits per heavy atom. The van der Waals surface area contributed by atoms with Crippen LogP contribution in [0.2, 0.25) is 0 Å². The number of thioether (sulfide) groups is 1. The molecule has 6 atom stereocenters. The van der Waals surface area contributed by atoms with Gasteiger partial charge in [-0.05, 0) is 0 Å². The summed E-state index contributed by atoms with van der Waals surface area (Å²) in [7, 11) is 0. The summed E-state index contributed by atoms with van der Waals surface area (Å²) in [6, 6.07) is -5.08. The van der Waals surface area contributed by atoms with Crippen molar-refractivity contribution in [3.05, 3.63) is 0 Å². The Morgan fingerprint density at radius 1 is 1.09 bits per heavy atom. The Labute approximate surface area is 212 Å². The molecule has 1 rings (SSSR count). The number of carbonyl (C=O) groups excluding carboxylic acids is 4. The molecule has 0 spiro atoms. The number of nitrogens with one attached hydrogen (secondary N) is 4. The molecule has 0 radical (unpaired) electrons. The van der Waals surface area contributed by atoms with Crippen LogP contribution in [0.3, 0.4) is 0 Å². The third-order valence-electron chi connectivity index (χ3n) is 4.93. The van der Waals surface area contributed by atoms with Gasteiger partial charge in [0, 0.05) is 0 Å². The molecule has 0 saturated carbocycles. The van der Waals surface area contributed by atoms with Crippen molar-refractivity contribution in [2.45, 2.75) is 68.6 Å². The van der Waals surface area contributed by atoms with Crippen LogP contribution in [0.5, 0.6) is 0 Å². The van der Waals surface area contributed by atoms with Gasteiger partial charge < -0.3 is 0 Å². The molecule has 192 valence electrons. The summed E-state index contributed by atoms with van der Waals surface area (Å²) in [5, 5.41) is 28.8. The van der Waals surface area contributed by atoms with Crippen molar-refractivity contribution in [3.8, 4) is 0 Å². The number of aliphatic hydroxyl groups excluding tert-OH is 1. The third kappa shape index (κ3) is 9.41. The molecule has 0 bridgehead atoms. The fraction of sp³-hybridized carbons (Fsp3) is 0.684. The summed E-state index contributed by atoms with van der Waals surface area (Å²) in [4.78, 5) is 61.2. The topological polar surface area (TPSA) is 226 Å². The van der Waals surface area contributed by atoms with E-state index in [1.165, 1.54) is 26.3 Å². The van der Waals surface area contributed by atoms with Gasteiger partial charge in [-0.3, -0.25) is 0 Å². The van der Waals surface area contributed by atoms with Crippen molar-refractivity contribution in [2.24, 2.45) is 11.5 Å². The van der Waals surface area contributed by atoms with E-state index in [-0.39, 0.29) is 12.2 Å². The number of hydrogen-bond acceptors (Lipinski definition) is 9. The number of amides is 4. The quantitative estimate of drug-likeness (QED) is 0.143. The monoisotopic (exact) mass is 586 g/mol. The molecule has 2 unspecified atom stereocenters. The van der Waals surface area contributed by atoms with E-state index in [1.807, 2.05) is 6.92 Å². The van der Waals surface area contributed by atoms with E-state index in [0.29, 0.717) is 16.9 Å². The summed E-state index contributed by atoms with van der Waals surface area (Å²) in [6.07, 6.45) is 0.829. The summed E-state index contributed by atoms with van der Waals surface area (Å²) in [5.41, 5.74) is 11.2. The zero-order chi connectivity index (χ0) is 26.0. The number of aliphatic hydroxyl groups is 1. The van der Waals surface area contributed by atoms with E-state index in [0.717, 1.165) is 11.8 Å². The second-order valence-electron chi connectivity index (χ2n) is 7.81. The van der Waals surface area contributed by atoms with Gasteiger partial charge in [0.05, 0.1) is 0 Å². The third-order valence-corrected chi connectivity index (χ3v) is 7.36. The van der Waals surface area contributed by atoms with Crippen molar-refractivity contribution in [1.82, 2.24) is 21.3 Å². The van der Waals surface area contributed by atoms with E-state index in [9.17, 15) is 34.2 Å². The molecule has 15 heteroatoms. The molecule has 1 heterocycles. The van der Waals surface area contributed by atoms with E-state index in [1.54, 1.807) is 0 Å². The van der Waals surface area contributed by atoms with Gasteiger partial charge in [0.2, 0.25) is 0 Å². The number of nitrogens with two attached hydrogens (primary N) is 2. The fourth-order valence-corrected chi connectivity index (χ4v) is 4.96. The number of carboxylic acids is 1. The van der Waals surface area contributed by atoms with Gasteiger partial charge in [-0.2, -0.15) is 0 Å². The van der Waals surface area contributed by atoms with Crippen molar-refractivity contribution < 1.29 is 53.5 Å². The van der Waals surface area contributed by atoms with Crippen molar-refractivity contribution in [3.63, 3.8) is 0 Å². The molecule has 13 nitrogen and oxygen atoms in total. The van der Waals surface area contributed by atoms with E-state index in [2.05, 4.69) is 21.3 Å². The van der Waals surface area contributed by atoms with Crippen LogP contribution in [0.4, 0.5) is 0 Å². The van der Waals surface area contributed by atoms with Crippen molar-refractivity contribution in [1.29, 1.82) is 0 Å². The van der Waals surface area contributed by atoms with Gasteiger partial charge in [0.15, 0.2) is 0 Å². The first-order valence-corrected chi connectivity index (χ1v) is 12.7. The van der Waals surface area contributed by atoms with E-state index >= 15 is 0 Å². The molecular formula is C19H32MoN6O7S. The van der Waals surface area contributed by atoms with E-state index in [4.69, 9.17) is 11.5 Å². The average Bonchev–Trinajstić information content (AvgIpc) is 2.75. The molecule has 1 fully saturated rings. The Hall–Kier alpha value is -1.86. The first-order chi connectivity index (χ1) is 15.9. The molecule has 0 aromatic rings.